The van der Waals surface area contributed by atoms with Gasteiger partial charge in [0.25, 0.3) is 15.9 Å². The number of benzene rings is 3. The van der Waals surface area contributed by atoms with E-state index in [1.54, 1.807) is 53.9 Å². The number of hydrogen-bond acceptors (Lipinski definition) is 5. The molecule has 0 aliphatic carbocycles. The normalized spacial score (nSPS) is 11.0. The van der Waals surface area contributed by atoms with E-state index >= 15 is 0 Å². The van der Waals surface area contributed by atoms with E-state index < -0.39 is 15.9 Å². The van der Waals surface area contributed by atoms with Gasteiger partial charge in [-0.25, -0.2) is 8.42 Å². The van der Waals surface area contributed by atoms with E-state index in [4.69, 9.17) is 4.74 Å². The Labute approximate surface area is 190 Å². The molecule has 32 heavy (non-hydrogen) atoms. The summed E-state index contributed by atoms with van der Waals surface area (Å²) >= 11 is 1.16. The second kappa shape index (κ2) is 9.67. The van der Waals surface area contributed by atoms with Crippen LogP contribution < -0.4 is 14.8 Å². The highest BCUT2D eigenvalue weighted by molar-refractivity contribution is 7.92. The standard InChI is InChI=1S/C24H20N2O4S2/c27-24(23-22(15-16-31-23)26-32(28,29)21-9-5-2-6-10-21)25-19-11-13-20(14-12-19)30-17-18-7-3-1-4-8-18/h1-16,26H,17H2,(H,25,27). The maximum Gasteiger partial charge on any atom is 0.267 e. The first-order valence-corrected chi connectivity index (χ1v) is 12.1. The average molecular weight is 465 g/mol. The van der Waals surface area contributed by atoms with Gasteiger partial charge in [0.1, 0.15) is 17.2 Å². The molecule has 0 saturated heterocycles. The highest BCUT2D eigenvalue weighted by atomic mass is 32.2. The zero-order valence-corrected chi connectivity index (χ0v) is 18.5. The lowest BCUT2D eigenvalue weighted by atomic mass is 10.2. The van der Waals surface area contributed by atoms with Crippen LogP contribution in [0.15, 0.2) is 101 Å². The van der Waals surface area contributed by atoms with Crippen molar-refractivity contribution in [2.75, 3.05) is 10.0 Å². The first kappa shape index (κ1) is 21.6. The summed E-state index contributed by atoms with van der Waals surface area (Å²) in [6.07, 6.45) is 0. The number of amides is 1. The highest BCUT2D eigenvalue weighted by Crippen LogP contribution is 2.27. The lowest BCUT2D eigenvalue weighted by Crippen LogP contribution is -2.17. The van der Waals surface area contributed by atoms with Crippen LogP contribution in [0.25, 0.3) is 0 Å². The summed E-state index contributed by atoms with van der Waals surface area (Å²) in [6.45, 7) is 0.451. The van der Waals surface area contributed by atoms with Crippen molar-refractivity contribution < 1.29 is 17.9 Å². The highest BCUT2D eigenvalue weighted by Gasteiger charge is 2.20. The Morgan fingerprint density at radius 2 is 1.50 bits per heavy atom. The molecule has 0 aliphatic rings. The van der Waals surface area contributed by atoms with Crippen LogP contribution in [0.2, 0.25) is 0 Å². The van der Waals surface area contributed by atoms with E-state index in [2.05, 4.69) is 10.0 Å². The number of carbonyl (C=O) groups is 1. The number of sulfonamides is 1. The molecule has 0 radical (unpaired) electrons. The maximum atomic E-state index is 12.7. The quantitative estimate of drug-likeness (QED) is 0.367. The fourth-order valence-electron chi connectivity index (χ4n) is 2.93. The molecule has 4 aromatic rings. The van der Waals surface area contributed by atoms with Crippen molar-refractivity contribution in [3.63, 3.8) is 0 Å². The lowest BCUT2D eigenvalue weighted by Gasteiger charge is -2.10. The second-order valence-corrected chi connectivity index (χ2v) is 9.43. The molecule has 1 heterocycles. The molecular weight excluding hydrogens is 444 g/mol. The van der Waals surface area contributed by atoms with Gasteiger partial charge in [0.2, 0.25) is 0 Å². The second-order valence-electron chi connectivity index (χ2n) is 6.83. The van der Waals surface area contributed by atoms with Gasteiger partial charge in [0.15, 0.2) is 0 Å². The Bertz CT molecular complexity index is 1290. The minimum Gasteiger partial charge on any atom is -0.489 e. The van der Waals surface area contributed by atoms with Crippen LogP contribution in [0, 0.1) is 0 Å². The summed E-state index contributed by atoms with van der Waals surface area (Å²) in [7, 11) is -3.79. The zero-order valence-electron chi connectivity index (χ0n) is 16.9. The van der Waals surface area contributed by atoms with E-state index in [1.807, 2.05) is 30.3 Å². The smallest absolute Gasteiger partial charge is 0.267 e. The molecule has 1 aromatic heterocycles. The third-order valence-corrected chi connectivity index (χ3v) is 6.82. The van der Waals surface area contributed by atoms with Gasteiger partial charge in [-0.05, 0) is 53.4 Å². The minimum atomic E-state index is -3.79. The van der Waals surface area contributed by atoms with Crippen molar-refractivity contribution in [1.82, 2.24) is 0 Å². The lowest BCUT2D eigenvalue weighted by molar-refractivity contribution is 0.103. The summed E-state index contributed by atoms with van der Waals surface area (Å²) in [5.41, 5.74) is 1.87. The summed E-state index contributed by atoms with van der Waals surface area (Å²) < 4.78 is 33.4. The van der Waals surface area contributed by atoms with Crippen molar-refractivity contribution in [2.45, 2.75) is 11.5 Å². The van der Waals surface area contributed by atoms with Crippen LogP contribution in [0.4, 0.5) is 11.4 Å². The van der Waals surface area contributed by atoms with E-state index in [0.717, 1.165) is 16.9 Å². The average Bonchev–Trinajstić information content (AvgIpc) is 3.27. The molecule has 0 atom stereocenters. The number of carbonyl (C=O) groups excluding carboxylic acids is 1. The summed E-state index contributed by atoms with van der Waals surface area (Å²) in [5, 5.41) is 4.46. The first-order chi connectivity index (χ1) is 15.5. The van der Waals surface area contributed by atoms with Gasteiger partial charge in [-0.15, -0.1) is 11.3 Å². The van der Waals surface area contributed by atoms with E-state index in [0.29, 0.717) is 18.0 Å². The largest absolute Gasteiger partial charge is 0.489 e. The summed E-state index contributed by atoms with van der Waals surface area (Å²) in [4.78, 5) is 13.1. The molecule has 0 spiro atoms. The number of ether oxygens (including phenoxy) is 1. The fourth-order valence-corrected chi connectivity index (χ4v) is 4.83. The number of nitrogens with one attached hydrogen (secondary N) is 2. The van der Waals surface area contributed by atoms with Crippen molar-refractivity contribution in [2.24, 2.45) is 0 Å². The Balaban J connectivity index is 1.40. The molecule has 0 bridgehead atoms. The van der Waals surface area contributed by atoms with Crippen LogP contribution >= 0.6 is 11.3 Å². The van der Waals surface area contributed by atoms with Crippen LogP contribution in [-0.2, 0) is 16.6 Å². The van der Waals surface area contributed by atoms with Crippen molar-refractivity contribution >= 4 is 38.6 Å². The molecule has 0 aliphatic heterocycles. The molecular formula is C24H20N2O4S2. The van der Waals surface area contributed by atoms with E-state index in [-0.39, 0.29) is 15.5 Å². The topological polar surface area (TPSA) is 84.5 Å². The number of thiophene rings is 1. The number of rotatable bonds is 8. The van der Waals surface area contributed by atoms with Gasteiger partial charge < -0.3 is 10.1 Å². The SMILES string of the molecule is O=C(Nc1ccc(OCc2ccccc2)cc1)c1sccc1NS(=O)(=O)c1ccccc1. The van der Waals surface area contributed by atoms with Crippen molar-refractivity contribution in [1.29, 1.82) is 0 Å². The van der Waals surface area contributed by atoms with Crippen LogP contribution in [0.5, 0.6) is 5.75 Å². The van der Waals surface area contributed by atoms with E-state index in [1.165, 1.54) is 12.1 Å². The van der Waals surface area contributed by atoms with Crippen molar-refractivity contribution in [3.05, 3.63) is 107 Å². The molecule has 1 amide bonds. The van der Waals surface area contributed by atoms with Gasteiger partial charge in [-0.3, -0.25) is 9.52 Å². The Morgan fingerprint density at radius 1 is 0.844 bits per heavy atom. The van der Waals surface area contributed by atoms with Crippen LogP contribution in [-0.4, -0.2) is 14.3 Å². The third kappa shape index (κ3) is 5.35. The van der Waals surface area contributed by atoms with E-state index in [9.17, 15) is 13.2 Å². The van der Waals surface area contributed by atoms with Crippen LogP contribution in [0.1, 0.15) is 15.2 Å². The fraction of sp³-hybridized carbons (Fsp3) is 0.0417. The Hall–Kier alpha value is -3.62. The maximum absolute atomic E-state index is 12.7. The Kier molecular flexibility index (Phi) is 6.53. The monoisotopic (exact) mass is 464 g/mol. The Morgan fingerprint density at radius 3 is 2.19 bits per heavy atom. The van der Waals surface area contributed by atoms with Gasteiger partial charge >= 0.3 is 0 Å². The number of anilines is 2. The number of hydrogen-bond donors (Lipinski definition) is 2. The van der Waals surface area contributed by atoms with Gasteiger partial charge in [-0.2, -0.15) is 0 Å². The molecule has 0 fully saturated rings. The predicted molar refractivity (Wildman–Crippen MR) is 127 cm³/mol. The molecule has 8 heteroatoms. The van der Waals surface area contributed by atoms with Gasteiger partial charge in [0, 0.05) is 5.69 Å². The third-order valence-electron chi connectivity index (χ3n) is 4.53. The first-order valence-electron chi connectivity index (χ1n) is 9.75. The van der Waals surface area contributed by atoms with Crippen LogP contribution in [0.3, 0.4) is 0 Å². The molecule has 6 nitrogen and oxygen atoms in total. The molecule has 3 aromatic carbocycles. The summed E-state index contributed by atoms with van der Waals surface area (Å²) in [6, 6.07) is 26.4. The molecule has 162 valence electrons. The molecule has 4 rings (SSSR count). The zero-order chi connectivity index (χ0) is 22.4. The summed E-state index contributed by atoms with van der Waals surface area (Å²) in [5.74, 6) is 0.281. The van der Waals surface area contributed by atoms with Gasteiger partial charge in [0.05, 0.1) is 10.6 Å². The minimum absolute atomic E-state index is 0.128. The van der Waals surface area contributed by atoms with Gasteiger partial charge in [-0.1, -0.05) is 48.5 Å². The van der Waals surface area contributed by atoms with Crippen molar-refractivity contribution in [3.8, 4) is 5.75 Å². The predicted octanol–water partition coefficient (Wildman–Crippen LogP) is 5.38. The molecule has 0 unspecified atom stereocenters. The molecule has 0 saturated carbocycles. The molecule has 2 N–H and O–H groups in total.